The number of amides is 1. The summed E-state index contributed by atoms with van der Waals surface area (Å²) in [6.45, 7) is 3.54. The summed E-state index contributed by atoms with van der Waals surface area (Å²) in [5.41, 5.74) is 1.73. The first-order chi connectivity index (χ1) is 13.4. The zero-order valence-electron chi connectivity index (χ0n) is 15.4. The third kappa shape index (κ3) is 4.86. The Kier molecular flexibility index (Phi) is 6.25. The molecule has 28 heavy (non-hydrogen) atoms. The Balaban J connectivity index is 1.54. The molecule has 1 aliphatic rings. The fourth-order valence-corrected chi connectivity index (χ4v) is 3.66. The maximum absolute atomic E-state index is 12.3. The Labute approximate surface area is 166 Å². The van der Waals surface area contributed by atoms with Crippen molar-refractivity contribution in [2.45, 2.75) is 32.3 Å². The van der Waals surface area contributed by atoms with Gasteiger partial charge in [-0.3, -0.25) is 14.9 Å². The highest BCUT2D eigenvalue weighted by Crippen LogP contribution is 2.25. The van der Waals surface area contributed by atoms with Gasteiger partial charge in [-0.25, -0.2) is 4.79 Å². The molecule has 1 fully saturated rings. The lowest BCUT2D eigenvalue weighted by atomic mass is 10.1. The topological polar surface area (TPSA) is 102 Å². The van der Waals surface area contributed by atoms with Gasteiger partial charge in [0.2, 0.25) is 0 Å². The molecule has 148 valence electrons. The van der Waals surface area contributed by atoms with Gasteiger partial charge in [-0.2, -0.15) is 0 Å². The molecule has 2 aromatic rings. The van der Waals surface area contributed by atoms with E-state index in [1.807, 2.05) is 24.3 Å². The number of rotatable bonds is 6. The molecular formula is C19H21N3O5S. The second-order valence-corrected chi connectivity index (χ2v) is 7.59. The molecule has 9 heteroatoms. The van der Waals surface area contributed by atoms with E-state index >= 15 is 0 Å². The van der Waals surface area contributed by atoms with Crippen molar-refractivity contribution in [2.24, 2.45) is 0 Å². The molecule has 0 radical (unpaired) electrons. The van der Waals surface area contributed by atoms with Crippen LogP contribution in [-0.4, -0.2) is 36.0 Å². The van der Waals surface area contributed by atoms with E-state index in [2.05, 4.69) is 10.2 Å². The average molecular weight is 403 g/mol. The Hall–Kier alpha value is -2.94. The van der Waals surface area contributed by atoms with Gasteiger partial charge in [-0.1, -0.05) is 11.3 Å². The summed E-state index contributed by atoms with van der Waals surface area (Å²) in [5.74, 6) is -1.23. The zero-order chi connectivity index (χ0) is 20.1. The van der Waals surface area contributed by atoms with Crippen molar-refractivity contribution in [3.05, 3.63) is 51.4 Å². The van der Waals surface area contributed by atoms with E-state index < -0.39 is 22.9 Å². The highest BCUT2D eigenvalue weighted by Gasteiger charge is 2.22. The molecular weight excluding hydrogens is 382 g/mol. The summed E-state index contributed by atoms with van der Waals surface area (Å²) in [6.07, 6.45) is 2.61. The van der Waals surface area contributed by atoms with Crippen LogP contribution in [0.25, 0.3) is 0 Å². The number of ether oxygens (including phenoxy) is 1. The van der Waals surface area contributed by atoms with Crippen LogP contribution in [0.2, 0.25) is 0 Å². The molecule has 1 aromatic heterocycles. The lowest BCUT2D eigenvalue weighted by molar-refractivity contribution is -0.380. The number of nitrogens with one attached hydrogen (secondary N) is 1. The molecule has 1 atom stereocenters. The SMILES string of the molecule is C[C@@H](OC(=O)c1ccc([N+](=O)[O-])s1)C(=O)Nc1ccc(N2CCCCC2)cc1. The van der Waals surface area contributed by atoms with Crippen LogP contribution in [0.3, 0.4) is 0 Å². The molecule has 1 amide bonds. The second-order valence-electron chi connectivity index (χ2n) is 6.53. The van der Waals surface area contributed by atoms with Crippen LogP contribution >= 0.6 is 11.3 Å². The van der Waals surface area contributed by atoms with Crippen molar-refractivity contribution in [3.63, 3.8) is 0 Å². The molecule has 1 N–H and O–H groups in total. The van der Waals surface area contributed by atoms with Crippen molar-refractivity contribution >= 4 is 39.6 Å². The highest BCUT2D eigenvalue weighted by molar-refractivity contribution is 7.17. The maximum Gasteiger partial charge on any atom is 0.349 e. The number of esters is 1. The third-order valence-electron chi connectivity index (χ3n) is 4.48. The number of piperidine rings is 1. The summed E-state index contributed by atoms with van der Waals surface area (Å²) in [7, 11) is 0. The van der Waals surface area contributed by atoms with Gasteiger partial charge >= 0.3 is 11.0 Å². The van der Waals surface area contributed by atoms with E-state index in [1.165, 1.54) is 38.3 Å². The zero-order valence-corrected chi connectivity index (χ0v) is 16.2. The van der Waals surface area contributed by atoms with Gasteiger partial charge < -0.3 is 15.0 Å². The highest BCUT2D eigenvalue weighted by atomic mass is 32.1. The van der Waals surface area contributed by atoms with Crippen molar-refractivity contribution < 1.29 is 19.2 Å². The lowest BCUT2D eigenvalue weighted by Gasteiger charge is -2.28. The first-order valence-corrected chi connectivity index (χ1v) is 9.87. The predicted octanol–water partition coefficient (Wildman–Crippen LogP) is 3.83. The quantitative estimate of drug-likeness (QED) is 0.447. The van der Waals surface area contributed by atoms with Crippen molar-refractivity contribution in [1.29, 1.82) is 0 Å². The van der Waals surface area contributed by atoms with Gasteiger partial charge in [-0.15, -0.1) is 0 Å². The fraction of sp³-hybridized carbons (Fsp3) is 0.368. The average Bonchev–Trinajstić information content (AvgIpc) is 3.20. The number of thiophene rings is 1. The van der Waals surface area contributed by atoms with E-state index in [-0.39, 0.29) is 9.88 Å². The Bertz CT molecular complexity index is 859. The number of hydrogen-bond donors (Lipinski definition) is 1. The van der Waals surface area contributed by atoms with Crippen LogP contribution in [-0.2, 0) is 9.53 Å². The molecule has 3 rings (SSSR count). The van der Waals surface area contributed by atoms with Gasteiger partial charge in [-0.05, 0) is 56.5 Å². The van der Waals surface area contributed by atoms with Gasteiger partial charge in [0.1, 0.15) is 4.88 Å². The molecule has 1 aliphatic heterocycles. The minimum Gasteiger partial charge on any atom is -0.448 e. The minimum absolute atomic E-state index is 0.0808. The molecule has 0 aliphatic carbocycles. The van der Waals surface area contributed by atoms with E-state index in [0.717, 1.165) is 18.8 Å². The normalized spacial score (nSPS) is 15.0. The van der Waals surface area contributed by atoms with Crippen LogP contribution in [0.1, 0.15) is 35.9 Å². The number of hydrogen-bond acceptors (Lipinski definition) is 7. The van der Waals surface area contributed by atoms with Gasteiger partial charge in [0.05, 0.1) is 4.92 Å². The minimum atomic E-state index is -1.03. The van der Waals surface area contributed by atoms with Gasteiger partial charge in [0, 0.05) is 30.5 Å². The standard InChI is InChI=1S/C19H21N3O5S/c1-13(27-19(24)16-9-10-17(28-16)22(25)26)18(23)20-14-5-7-15(8-6-14)21-11-3-2-4-12-21/h5-10,13H,2-4,11-12H2,1H3,(H,20,23)/t13-/m1/s1. The van der Waals surface area contributed by atoms with Gasteiger partial charge in [0.25, 0.3) is 5.91 Å². The molecule has 0 saturated carbocycles. The summed E-state index contributed by atoms with van der Waals surface area (Å²) in [6, 6.07) is 10.1. The molecule has 8 nitrogen and oxygen atoms in total. The summed E-state index contributed by atoms with van der Waals surface area (Å²) in [5, 5.41) is 13.2. The number of nitro groups is 1. The van der Waals surface area contributed by atoms with Crippen LogP contribution in [0, 0.1) is 10.1 Å². The Morgan fingerprint density at radius 1 is 1.14 bits per heavy atom. The molecule has 2 heterocycles. The fourth-order valence-electron chi connectivity index (χ4n) is 2.96. The largest absolute Gasteiger partial charge is 0.448 e. The first kappa shape index (κ1) is 19.8. The van der Waals surface area contributed by atoms with Crippen molar-refractivity contribution in [1.82, 2.24) is 0 Å². The molecule has 0 spiro atoms. The van der Waals surface area contributed by atoms with Crippen molar-refractivity contribution in [2.75, 3.05) is 23.3 Å². The van der Waals surface area contributed by atoms with Crippen LogP contribution in [0.4, 0.5) is 16.4 Å². The van der Waals surface area contributed by atoms with E-state index in [4.69, 9.17) is 4.74 Å². The van der Waals surface area contributed by atoms with Crippen LogP contribution < -0.4 is 10.2 Å². The van der Waals surface area contributed by atoms with E-state index in [1.54, 1.807) is 0 Å². The molecule has 0 bridgehead atoms. The number of carbonyl (C=O) groups excluding carboxylic acids is 2. The third-order valence-corrected chi connectivity index (χ3v) is 5.50. The predicted molar refractivity (Wildman–Crippen MR) is 107 cm³/mol. The maximum atomic E-state index is 12.3. The second kappa shape index (κ2) is 8.83. The van der Waals surface area contributed by atoms with E-state index in [0.29, 0.717) is 17.0 Å². The summed E-state index contributed by atoms with van der Waals surface area (Å²) < 4.78 is 5.11. The van der Waals surface area contributed by atoms with E-state index in [9.17, 15) is 19.7 Å². The first-order valence-electron chi connectivity index (χ1n) is 9.05. The Morgan fingerprint density at radius 3 is 2.43 bits per heavy atom. The number of nitrogens with zero attached hydrogens (tertiary/aromatic N) is 2. The number of carbonyl (C=O) groups is 2. The van der Waals surface area contributed by atoms with Crippen molar-refractivity contribution in [3.8, 4) is 0 Å². The van der Waals surface area contributed by atoms with Crippen LogP contribution in [0.15, 0.2) is 36.4 Å². The molecule has 1 aromatic carbocycles. The van der Waals surface area contributed by atoms with Gasteiger partial charge in [0.15, 0.2) is 6.10 Å². The summed E-state index contributed by atoms with van der Waals surface area (Å²) in [4.78, 5) is 36.8. The monoisotopic (exact) mass is 403 g/mol. The number of benzene rings is 1. The Morgan fingerprint density at radius 2 is 1.82 bits per heavy atom. The summed E-state index contributed by atoms with van der Waals surface area (Å²) >= 11 is 0.712. The smallest absolute Gasteiger partial charge is 0.349 e. The number of anilines is 2. The lowest BCUT2D eigenvalue weighted by Crippen LogP contribution is -2.30. The molecule has 1 saturated heterocycles. The van der Waals surface area contributed by atoms with Crippen LogP contribution in [0.5, 0.6) is 0 Å². The molecule has 0 unspecified atom stereocenters.